The zero-order valence-corrected chi connectivity index (χ0v) is 24.8. The van der Waals surface area contributed by atoms with Gasteiger partial charge in [0.2, 0.25) is 5.95 Å². The molecular formula is C31H37N5O4S. The molecule has 4 aromatic rings. The van der Waals surface area contributed by atoms with E-state index in [0.717, 1.165) is 24.8 Å². The molecule has 1 amide bonds. The van der Waals surface area contributed by atoms with Gasteiger partial charge in [0.05, 0.1) is 4.90 Å². The third-order valence-corrected chi connectivity index (χ3v) is 8.87. The van der Waals surface area contributed by atoms with Crippen LogP contribution in [0.1, 0.15) is 44.7 Å². The average Bonchev–Trinajstić information content (AvgIpc) is 3.38. The van der Waals surface area contributed by atoms with Gasteiger partial charge < -0.3 is 14.5 Å². The highest BCUT2D eigenvalue weighted by Gasteiger charge is 2.32. The lowest BCUT2D eigenvalue weighted by molar-refractivity contribution is 0.0197. The van der Waals surface area contributed by atoms with E-state index in [1.54, 1.807) is 41.4 Å². The second-order valence-electron chi connectivity index (χ2n) is 11.5. The number of ether oxygens (including phenoxy) is 1. The summed E-state index contributed by atoms with van der Waals surface area (Å²) in [5.74, 6) is 0.434. The highest BCUT2D eigenvalue weighted by molar-refractivity contribution is 7.90. The van der Waals surface area contributed by atoms with E-state index in [1.165, 1.54) is 15.7 Å². The molecule has 0 saturated carbocycles. The molecule has 0 bridgehead atoms. The fourth-order valence-corrected chi connectivity index (χ4v) is 6.39. The molecule has 9 nitrogen and oxygen atoms in total. The van der Waals surface area contributed by atoms with Crippen molar-refractivity contribution in [3.63, 3.8) is 0 Å². The predicted molar refractivity (Wildman–Crippen MR) is 160 cm³/mol. The van der Waals surface area contributed by atoms with Crippen molar-refractivity contribution in [2.24, 2.45) is 0 Å². The summed E-state index contributed by atoms with van der Waals surface area (Å²) in [7, 11) is -3.86. The number of likely N-dealkylation sites (tertiary alicyclic amines) is 1. The number of nitrogens with zero attached hydrogens (tertiary/aromatic N) is 5. The summed E-state index contributed by atoms with van der Waals surface area (Å²) >= 11 is 0. The van der Waals surface area contributed by atoms with Crippen molar-refractivity contribution < 1.29 is 17.9 Å². The van der Waals surface area contributed by atoms with Crippen molar-refractivity contribution >= 4 is 33.1 Å². The Hall–Kier alpha value is -3.92. The summed E-state index contributed by atoms with van der Waals surface area (Å²) in [6.45, 7) is 9.20. The zero-order valence-electron chi connectivity index (χ0n) is 24.0. The first-order chi connectivity index (χ1) is 19.5. The quantitative estimate of drug-likeness (QED) is 0.290. The second kappa shape index (κ2) is 11.5. The fourth-order valence-electron chi connectivity index (χ4n) is 5.08. The second-order valence-corrected chi connectivity index (χ2v) is 13.3. The van der Waals surface area contributed by atoms with Crippen molar-refractivity contribution in [3.8, 4) is 0 Å². The van der Waals surface area contributed by atoms with Crippen molar-refractivity contribution in [1.82, 2.24) is 18.8 Å². The first-order valence-electron chi connectivity index (χ1n) is 14.0. The molecule has 0 radical (unpaired) electrons. The number of benzene rings is 2. The number of carbonyl (C=O) groups excluding carboxylic acids is 1. The number of anilines is 1. The number of hydrogen-bond acceptors (Lipinski definition) is 7. The van der Waals surface area contributed by atoms with Crippen LogP contribution in [0.25, 0.3) is 11.0 Å². The number of aryl methyl sites for hydroxylation is 1. The molecule has 1 atom stereocenters. The Morgan fingerprint density at radius 1 is 1.07 bits per heavy atom. The molecule has 3 heterocycles. The molecule has 1 saturated heterocycles. The van der Waals surface area contributed by atoms with Gasteiger partial charge in [-0.15, -0.1) is 0 Å². The highest BCUT2D eigenvalue weighted by Crippen LogP contribution is 2.26. The standard InChI is InChI=1S/C31H37N5O4S/c1-23-12-14-27(15-13-23)41(38,39)36-20-17-25-21-32-29(33-28(25)36)35(19-16-24-9-6-5-7-10-24)26-11-8-18-34(22-26)30(37)40-31(2,3)4/h5-7,9-10,12-15,17,20-21,26H,8,11,16,18-19,22H2,1-4H3/t26-/m0/s1. The number of fused-ring (bicyclic) bond motifs is 1. The number of piperidine rings is 1. The van der Waals surface area contributed by atoms with E-state index in [4.69, 9.17) is 9.72 Å². The van der Waals surface area contributed by atoms with Gasteiger partial charge in [-0.1, -0.05) is 48.0 Å². The lowest BCUT2D eigenvalue weighted by Gasteiger charge is -2.39. The third-order valence-electron chi connectivity index (χ3n) is 7.19. The molecule has 10 heteroatoms. The number of amides is 1. The van der Waals surface area contributed by atoms with Crippen LogP contribution in [0.2, 0.25) is 0 Å². The Morgan fingerprint density at radius 3 is 2.51 bits per heavy atom. The predicted octanol–water partition coefficient (Wildman–Crippen LogP) is 5.43. The minimum Gasteiger partial charge on any atom is -0.444 e. The topological polar surface area (TPSA) is 97.6 Å². The van der Waals surface area contributed by atoms with Crippen LogP contribution in [0.3, 0.4) is 0 Å². The Bertz CT molecular complexity index is 1610. The van der Waals surface area contributed by atoms with E-state index in [-0.39, 0.29) is 17.0 Å². The van der Waals surface area contributed by atoms with Gasteiger partial charge in [0.1, 0.15) is 5.60 Å². The molecule has 0 aliphatic carbocycles. The van der Waals surface area contributed by atoms with E-state index in [9.17, 15) is 13.2 Å². The summed E-state index contributed by atoms with van der Waals surface area (Å²) in [5.41, 5.74) is 1.89. The van der Waals surface area contributed by atoms with Crippen LogP contribution < -0.4 is 4.90 Å². The highest BCUT2D eigenvalue weighted by atomic mass is 32.2. The molecular weight excluding hydrogens is 538 g/mol. The van der Waals surface area contributed by atoms with Crippen LogP contribution in [0.4, 0.5) is 10.7 Å². The lowest BCUT2D eigenvalue weighted by atomic mass is 10.0. The van der Waals surface area contributed by atoms with Crippen molar-refractivity contribution in [2.45, 2.75) is 63.5 Å². The molecule has 41 heavy (non-hydrogen) atoms. The van der Waals surface area contributed by atoms with E-state index in [2.05, 4.69) is 22.0 Å². The van der Waals surface area contributed by atoms with Crippen LogP contribution in [-0.4, -0.2) is 64.6 Å². The maximum Gasteiger partial charge on any atom is 0.410 e. The summed E-state index contributed by atoms with van der Waals surface area (Å²) in [6.07, 6.45) is 5.26. The minimum atomic E-state index is -3.86. The number of aromatic nitrogens is 3. The van der Waals surface area contributed by atoms with Crippen LogP contribution in [0.5, 0.6) is 0 Å². The van der Waals surface area contributed by atoms with Gasteiger partial charge in [-0.25, -0.2) is 22.2 Å². The monoisotopic (exact) mass is 575 g/mol. The Labute approximate surface area is 241 Å². The SMILES string of the molecule is Cc1ccc(S(=O)(=O)n2ccc3cnc(N(CCc4ccccc4)[C@H]4CCCN(C(=O)OC(C)(C)C)C4)nc32)cc1. The molecule has 1 fully saturated rings. The smallest absolute Gasteiger partial charge is 0.410 e. The minimum absolute atomic E-state index is 0.0606. The molecule has 0 N–H and O–H groups in total. The van der Waals surface area contributed by atoms with Crippen LogP contribution in [-0.2, 0) is 21.2 Å². The number of rotatable bonds is 7. The molecule has 1 aliphatic heterocycles. The lowest BCUT2D eigenvalue weighted by Crippen LogP contribution is -2.52. The van der Waals surface area contributed by atoms with Crippen LogP contribution in [0, 0.1) is 6.92 Å². The summed E-state index contributed by atoms with van der Waals surface area (Å²) < 4.78 is 34.0. The summed E-state index contributed by atoms with van der Waals surface area (Å²) in [4.78, 5) is 26.5. The van der Waals surface area contributed by atoms with Crippen LogP contribution in [0.15, 0.2) is 78.0 Å². The molecule has 2 aromatic heterocycles. The first-order valence-corrected chi connectivity index (χ1v) is 15.4. The van der Waals surface area contributed by atoms with Crippen molar-refractivity contribution in [2.75, 3.05) is 24.5 Å². The maximum atomic E-state index is 13.6. The first kappa shape index (κ1) is 28.6. The fraction of sp³-hybridized carbons (Fsp3) is 0.387. The van der Waals surface area contributed by atoms with E-state index < -0.39 is 15.6 Å². The molecule has 5 rings (SSSR count). The summed E-state index contributed by atoms with van der Waals surface area (Å²) in [5, 5.41) is 0.631. The molecule has 0 unspecified atom stereocenters. The maximum absolute atomic E-state index is 13.6. The van der Waals surface area contributed by atoms with Crippen molar-refractivity contribution in [1.29, 1.82) is 0 Å². The summed E-state index contributed by atoms with van der Waals surface area (Å²) in [6, 6.07) is 18.6. The van der Waals surface area contributed by atoms with Gasteiger partial charge in [0, 0.05) is 43.5 Å². The van der Waals surface area contributed by atoms with Gasteiger partial charge in [0.15, 0.2) is 5.65 Å². The van der Waals surface area contributed by atoms with Gasteiger partial charge in [-0.2, -0.15) is 4.98 Å². The largest absolute Gasteiger partial charge is 0.444 e. The van der Waals surface area contributed by atoms with E-state index >= 15 is 0 Å². The number of carbonyl (C=O) groups is 1. The zero-order chi connectivity index (χ0) is 29.2. The Balaban J connectivity index is 1.49. The van der Waals surface area contributed by atoms with Gasteiger partial charge in [0.25, 0.3) is 10.0 Å². The van der Waals surface area contributed by atoms with Gasteiger partial charge >= 0.3 is 6.09 Å². The van der Waals surface area contributed by atoms with E-state index in [0.29, 0.717) is 36.6 Å². The molecule has 1 aliphatic rings. The average molecular weight is 576 g/mol. The third kappa shape index (κ3) is 6.53. The Morgan fingerprint density at radius 2 is 1.80 bits per heavy atom. The normalized spacial score (nSPS) is 16.1. The molecule has 0 spiro atoms. The molecule has 2 aromatic carbocycles. The Kier molecular flexibility index (Phi) is 8.04. The molecule has 216 valence electrons. The van der Waals surface area contributed by atoms with Gasteiger partial charge in [-0.3, -0.25) is 0 Å². The van der Waals surface area contributed by atoms with Gasteiger partial charge in [-0.05, 0) is 70.7 Å². The van der Waals surface area contributed by atoms with Crippen LogP contribution >= 0.6 is 0 Å². The van der Waals surface area contributed by atoms with E-state index in [1.807, 2.05) is 45.9 Å². The van der Waals surface area contributed by atoms with Crippen molar-refractivity contribution in [3.05, 3.63) is 84.2 Å². The number of hydrogen-bond donors (Lipinski definition) is 0.